The number of amides is 1. The molecular weight excluding hydrogens is 342 g/mol. The highest BCUT2D eigenvalue weighted by molar-refractivity contribution is 7.16. The molecule has 0 spiro atoms. The molecule has 4 rings (SSSR count). The van der Waals surface area contributed by atoms with Crippen molar-refractivity contribution in [1.29, 1.82) is 0 Å². The SMILES string of the molecule is COc1cc(OC)cc(C(=O)NCc2nn3c(C4CC4)nnc3s2)c1. The Kier molecular flexibility index (Phi) is 4.00. The summed E-state index contributed by atoms with van der Waals surface area (Å²) >= 11 is 1.43. The molecule has 0 radical (unpaired) electrons. The van der Waals surface area contributed by atoms with Crippen LogP contribution in [0.15, 0.2) is 18.2 Å². The molecule has 1 aromatic carbocycles. The van der Waals surface area contributed by atoms with E-state index < -0.39 is 0 Å². The lowest BCUT2D eigenvalue weighted by Crippen LogP contribution is -2.23. The predicted molar refractivity (Wildman–Crippen MR) is 91.4 cm³/mol. The molecule has 2 heterocycles. The normalized spacial score (nSPS) is 13.8. The highest BCUT2D eigenvalue weighted by Crippen LogP contribution is 2.39. The second-order valence-corrected chi connectivity index (χ2v) is 6.85. The van der Waals surface area contributed by atoms with Gasteiger partial charge in [0.2, 0.25) is 4.96 Å². The Balaban J connectivity index is 1.48. The first-order chi connectivity index (χ1) is 12.2. The maximum atomic E-state index is 12.4. The van der Waals surface area contributed by atoms with Crippen molar-refractivity contribution in [1.82, 2.24) is 25.1 Å². The Hall–Kier alpha value is -2.68. The standard InChI is InChI=1S/C16H17N5O3S/c1-23-11-5-10(6-12(7-11)24-2)15(22)17-8-13-20-21-14(9-3-4-9)18-19-16(21)25-13/h5-7,9H,3-4,8H2,1-2H3,(H,17,22). The van der Waals surface area contributed by atoms with Crippen LogP contribution in [0.1, 0.15) is 39.9 Å². The van der Waals surface area contributed by atoms with Crippen LogP contribution in [0.25, 0.3) is 4.96 Å². The van der Waals surface area contributed by atoms with E-state index >= 15 is 0 Å². The lowest BCUT2D eigenvalue weighted by atomic mass is 10.2. The summed E-state index contributed by atoms with van der Waals surface area (Å²) in [5.74, 6) is 2.31. The van der Waals surface area contributed by atoms with Crippen LogP contribution in [0.3, 0.4) is 0 Å². The molecule has 1 fully saturated rings. The number of nitrogens with zero attached hydrogens (tertiary/aromatic N) is 4. The molecule has 9 heteroatoms. The van der Waals surface area contributed by atoms with Gasteiger partial charge in [-0.15, -0.1) is 10.2 Å². The molecule has 0 unspecified atom stereocenters. The minimum absolute atomic E-state index is 0.217. The number of hydrogen-bond acceptors (Lipinski definition) is 7. The fourth-order valence-electron chi connectivity index (χ4n) is 2.54. The molecule has 1 aliphatic rings. The molecule has 8 nitrogen and oxygen atoms in total. The van der Waals surface area contributed by atoms with Crippen LogP contribution in [0, 0.1) is 0 Å². The molecule has 1 saturated carbocycles. The number of methoxy groups -OCH3 is 2. The maximum absolute atomic E-state index is 12.4. The molecule has 0 aliphatic heterocycles. The van der Waals surface area contributed by atoms with Gasteiger partial charge in [0.25, 0.3) is 5.91 Å². The van der Waals surface area contributed by atoms with Gasteiger partial charge in [0.1, 0.15) is 16.5 Å². The molecule has 0 atom stereocenters. The van der Waals surface area contributed by atoms with Gasteiger partial charge in [0, 0.05) is 17.5 Å². The van der Waals surface area contributed by atoms with Gasteiger partial charge in [-0.1, -0.05) is 11.3 Å². The summed E-state index contributed by atoms with van der Waals surface area (Å²) in [7, 11) is 3.10. The van der Waals surface area contributed by atoms with E-state index in [1.54, 1.807) is 36.9 Å². The van der Waals surface area contributed by atoms with E-state index in [0.29, 0.717) is 29.5 Å². The second kappa shape index (κ2) is 6.32. The topological polar surface area (TPSA) is 90.6 Å². The van der Waals surface area contributed by atoms with Crippen LogP contribution >= 0.6 is 11.3 Å². The quantitative estimate of drug-likeness (QED) is 0.724. The highest BCUT2D eigenvalue weighted by Gasteiger charge is 2.30. The molecular formula is C16H17N5O3S. The third kappa shape index (κ3) is 3.14. The summed E-state index contributed by atoms with van der Waals surface area (Å²) in [5.41, 5.74) is 0.470. The molecule has 1 aliphatic carbocycles. The van der Waals surface area contributed by atoms with Crippen LogP contribution in [-0.4, -0.2) is 39.9 Å². The zero-order chi connectivity index (χ0) is 17.4. The number of ether oxygens (including phenoxy) is 2. The number of rotatable bonds is 6. The average molecular weight is 359 g/mol. The Morgan fingerprint density at radius 3 is 2.60 bits per heavy atom. The Labute approximate surface area is 147 Å². The lowest BCUT2D eigenvalue weighted by Gasteiger charge is -2.08. The number of nitrogens with one attached hydrogen (secondary N) is 1. The number of carbonyl (C=O) groups excluding carboxylic acids is 1. The summed E-state index contributed by atoms with van der Waals surface area (Å²) in [4.78, 5) is 13.2. The van der Waals surface area contributed by atoms with Crippen LogP contribution in [-0.2, 0) is 6.54 Å². The van der Waals surface area contributed by atoms with Gasteiger partial charge in [0.15, 0.2) is 5.82 Å². The van der Waals surface area contributed by atoms with Crippen molar-refractivity contribution in [2.75, 3.05) is 14.2 Å². The maximum Gasteiger partial charge on any atom is 0.251 e. The third-order valence-corrected chi connectivity index (χ3v) is 4.91. The summed E-state index contributed by atoms with van der Waals surface area (Å²) in [6.07, 6.45) is 2.28. The van der Waals surface area contributed by atoms with Crippen LogP contribution in [0.5, 0.6) is 11.5 Å². The number of hydrogen-bond donors (Lipinski definition) is 1. The number of aromatic nitrogens is 4. The molecule has 2 aromatic heterocycles. The predicted octanol–water partition coefficient (Wildman–Crippen LogP) is 2.01. The monoisotopic (exact) mass is 359 g/mol. The summed E-state index contributed by atoms with van der Waals surface area (Å²) in [5, 5.41) is 16.5. The third-order valence-electron chi connectivity index (χ3n) is 4.01. The van der Waals surface area contributed by atoms with E-state index in [-0.39, 0.29) is 5.91 Å². The number of benzene rings is 1. The second-order valence-electron chi connectivity index (χ2n) is 5.81. The van der Waals surface area contributed by atoms with Crippen molar-refractivity contribution in [2.24, 2.45) is 0 Å². The molecule has 1 N–H and O–H groups in total. The summed E-state index contributed by atoms with van der Waals surface area (Å²) in [6, 6.07) is 5.06. The van der Waals surface area contributed by atoms with E-state index in [9.17, 15) is 4.79 Å². The largest absolute Gasteiger partial charge is 0.497 e. The molecule has 130 valence electrons. The van der Waals surface area contributed by atoms with E-state index in [2.05, 4.69) is 20.6 Å². The van der Waals surface area contributed by atoms with E-state index in [4.69, 9.17) is 9.47 Å². The average Bonchev–Trinajstić information content (AvgIpc) is 3.28. The fourth-order valence-corrected chi connectivity index (χ4v) is 3.32. The van der Waals surface area contributed by atoms with Gasteiger partial charge in [-0.3, -0.25) is 4.79 Å². The van der Waals surface area contributed by atoms with Crippen LogP contribution < -0.4 is 14.8 Å². The van der Waals surface area contributed by atoms with Crippen molar-refractivity contribution < 1.29 is 14.3 Å². The molecule has 0 bridgehead atoms. The van der Waals surface area contributed by atoms with Gasteiger partial charge in [-0.05, 0) is 25.0 Å². The van der Waals surface area contributed by atoms with Gasteiger partial charge in [-0.2, -0.15) is 9.61 Å². The van der Waals surface area contributed by atoms with Crippen molar-refractivity contribution in [3.8, 4) is 11.5 Å². The first-order valence-electron chi connectivity index (χ1n) is 7.90. The Bertz CT molecular complexity index is 909. The van der Waals surface area contributed by atoms with Gasteiger partial charge in [-0.25, -0.2) is 0 Å². The van der Waals surface area contributed by atoms with Crippen LogP contribution in [0.2, 0.25) is 0 Å². The van der Waals surface area contributed by atoms with Crippen molar-refractivity contribution in [3.63, 3.8) is 0 Å². The first-order valence-corrected chi connectivity index (χ1v) is 8.72. The molecule has 25 heavy (non-hydrogen) atoms. The van der Waals surface area contributed by atoms with Gasteiger partial charge < -0.3 is 14.8 Å². The molecule has 1 amide bonds. The van der Waals surface area contributed by atoms with E-state index in [1.807, 2.05) is 0 Å². The Morgan fingerprint density at radius 2 is 1.96 bits per heavy atom. The Morgan fingerprint density at radius 1 is 1.24 bits per heavy atom. The molecule has 3 aromatic rings. The fraction of sp³-hybridized carbons (Fsp3) is 0.375. The first kappa shape index (κ1) is 15.8. The molecule has 0 saturated heterocycles. The minimum Gasteiger partial charge on any atom is -0.497 e. The van der Waals surface area contributed by atoms with Crippen LogP contribution in [0.4, 0.5) is 0 Å². The summed E-state index contributed by atoms with van der Waals surface area (Å²) < 4.78 is 12.2. The van der Waals surface area contributed by atoms with Crippen molar-refractivity contribution >= 4 is 22.2 Å². The van der Waals surface area contributed by atoms with E-state index in [1.165, 1.54) is 11.3 Å². The van der Waals surface area contributed by atoms with Crippen molar-refractivity contribution in [3.05, 3.63) is 34.6 Å². The van der Waals surface area contributed by atoms with Crippen molar-refractivity contribution in [2.45, 2.75) is 25.3 Å². The zero-order valence-electron chi connectivity index (χ0n) is 13.9. The lowest BCUT2D eigenvalue weighted by molar-refractivity contribution is 0.0950. The van der Waals surface area contributed by atoms with Gasteiger partial charge >= 0.3 is 0 Å². The number of fused-ring (bicyclic) bond motifs is 1. The number of carbonyl (C=O) groups is 1. The minimum atomic E-state index is -0.217. The highest BCUT2D eigenvalue weighted by atomic mass is 32.1. The summed E-state index contributed by atoms with van der Waals surface area (Å²) in [6.45, 7) is 0.330. The zero-order valence-corrected chi connectivity index (χ0v) is 14.7. The van der Waals surface area contributed by atoms with E-state index in [0.717, 1.165) is 28.6 Å². The smallest absolute Gasteiger partial charge is 0.251 e. The van der Waals surface area contributed by atoms with Gasteiger partial charge in [0.05, 0.1) is 20.8 Å².